The van der Waals surface area contributed by atoms with Gasteiger partial charge in [-0.15, -0.1) is 11.3 Å². The summed E-state index contributed by atoms with van der Waals surface area (Å²) >= 11 is 1.14. The van der Waals surface area contributed by atoms with E-state index in [1.807, 2.05) is 0 Å². The monoisotopic (exact) mass is 374 g/mol. The molecule has 0 fully saturated rings. The summed E-state index contributed by atoms with van der Waals surface area (Å²) < 4.78 is 5.03. The third kappa shape index (κ3) is 5.25. The van der Waals surface area contributed by atoms with Gasteiger partial charge >= 0.3 is 5.97 Å². The largest absolute Gasteiger partial charge is 0.453 e. The van der Waals surface area contributed by atoms with Crippen LogP contribution in [0.2, 0.25) is 0 Å². The number of carbonyl (C=O) groups excluding carboxylic acids is 4. The smallest absolute Gasteiger partial charge is 0.307 e. The van der Waals surface area contributed by atoms with E-state index in [4.69, 9.17) is 10.5 Å². The molecule has 0 saturated carbocycles. The van der Waals surface area contributed by atoms with E-state index in [2.05, 4.69) is 5.32 Å². The van der Waals surface area contributed by atoms with Gasteiger partial charge in [-0.3, -0.25) is 19.2 Å². The summed E-state index contributed by atoms with van der Waals surface area (Å²) in [5.74, 6) is -2.08. The van der Waals surface area contributed by atoms with E-state index in [0.29, 0.717) is 10.6 Å². The molecule has 8 heteroatoms. The molecule has 0 unspecified atom stereocenters. The molecule has 0 spiro atoms. The molecule has 1 heterocycles. The molecule has 3 N–H and O–H groups in total. The molecule has 0 radical (unpaired) electrons. The number of esters is 1. The summed E-state index contributed by atoms with van der Waals surface area (Å²) in [6.45, 7) is 1.41. The van der Waals surface area contributed by atoms with E-state index in [1.54, 1.807) is 35.7 Å². The Morgan fingerprint density at radius 2 is 1.81 bits per heavy atom. The first-order valence-electron chi connectivity index (χ1n) is 7.84. The lowest BCUT2D eigenvalue weighted by Gasteiger charge is -2.13. The predicted octanol–water partition coefficient (Wildman–Crippen LogP) is 2.38. The number of thiophene rings is 1. The van der Waals surface area contributed by atoms with E-state index in [0.717, 1.165) is 11.3 Å². The fourth-order valence-corrected chi connectivity index (χ4v) is 2.90. The number of anilines is 1. The molecule has 2 rings (SSSR count). The molecule has 0 aliphatic heterocycles. The molecular weight excluding hydrogens is 356 g/mol. The number of Topliss-reactive ketones (excluding diaryl/α,β-unsaturated/α-hetero) is 1. The second kappa shape index (κ2) is 8.91. The molecule has 2 amide bonds. The molecule has 1 atom stereocenters. The number of rotatable bonds is 8. The summed E-state index contributed by atoms with van der Waals surface area (Å²) in [5, 5.41) is 4.41. The molecule has 2 aromatic rings. The highest BCUT2D eigenvalue weighted by Gasteiger charge is 2.21. The average molecular weight is 374 g/mol. The van der Waals surface area contributed by atoms with Crippen LogP contribution in [0.15, 0.2) is 41.8 Å². The first kappa shape index (κ1) is 19.3. The summed E-state index contributed by atoms with van der Waals surface area (Å²) in [6, 6.07) is 10.1. The van der Waals surface area contributed by atoms with Crippen molar-refractivity contribution in [3.8, 4) is 0 Å². The SMILES string of the molecule is C[C@@H](OC(=O)CCC(=O)c1ccccc1)C(=O)Nc1sccc1C(N)=O. The minimum Gasteiger partial charge on any atom is -0.453 e. The molecule has 26 heavy (non-hydrogen) atoms. The van der Waals surface area contributed by atoms with Gasteiger partial charge in [0.1, 0.15) is 5.00 Å². The van der Waals surface area contributed by atoms with Crippen LogP contribution in [0, 0.1) is 0 Å². The number of nitrogens with one attached hydrogen (secondary N) is 1. The number of nitrogens with two attached hydrogens (primary N) is 1. The number of ketones is 1. The van der Waals surface area contributed by atoms with Crippen LogP contribution >= 0.6 is 11.3 Å². The van der Waals surface area contributed by atoms with Crippen molar-refractivity contribution in [2.75, 3.05) is 5.32 Å². The zero-order valence-corrected chi connectivity index (χ0v) is 14.9. The third-order valence-corrected chi connectivity index (χ3v) is 4.33. The fourth-order valence-electron chi connectivity index (χ4n) is 2.11. The zero-order chi connectivity index (χ0) is 19.1. The number of ether oxygens (including phenoxy) is 1. The van der Waals surface area contributed by atoms with Crippen molar-refractivity contribution in [1.82, 2.24) is 0 Å². The van der Waals surface area contributed by atoms with Gasteiger partial charge in [0.15, 0.2) is 11.9 Å². The lowest BCUT2D eigenvalue weighted by atomic mass is 10.1. The van der Waals surface area contributed by atoms with Crippen LogP contribution in [0.1, 0.15) is 40.5 Å². The quantitative estimate of drug-likeness (QED) is 0.544. The average Bonchev–Trinajstić information content (AvgIpc) is 3.08. The van der Waals surface area contributed by atoms with Gasteiger partial charge in [0, 0.05) is 12.0 Å². The van der Waals surface area contributed by atoms with E-state index >= 15 is 0 Å². The zero-order valence-electron chi connectivity index (χ0n) is 14.1. The van der Waals surface area contributed by atoms with Gasteiger partial charge in [-0.05, 0) is 18.4 Å². The fraction of sp³-hybridized carbons (Fsp3) is 0.222. The summed E-state index contributed by atoms with van der Waals surface area (Å²) in [5.41, 5.74) is 5.91. The van der Waals surface area contributed by atoms with Crippen LogP contribution in [-0.4, -0.2) is 29.7 Å². The molecule has 0 bridgehead atoms. The van der Waals surface area contributed by atoms with Gasteiger partial charge in [-0.1, -0.05) is 30.3 Å². The summed E-state index contributed by atoms with van der Waals surface area (Å²) in [4.78, 5) is 47.1. The number of primary amides is 1. The van der Waals surface area contributed by atoms with Gasteiger partial charge in [0.25, 0.3) is 11.8 Å². The van der Waals surface area contributed by atoms with E-state index in [1.165, 1.54) is 13.0 Å². The number of hydrogen-bond acceptors (Lipinski definition) is 6. The van der Waals surface area contributed by atoms with Crippen LogP contribution in [0.5, 0.6) is 0 Å². The molecule has 7 nitrogen and oxygen atoms in total. The Balaban J connectivity index is 1.82. The number of benzene rings is 1. The maximum Gasteiger partial charge on any atom is 0.307 e. The Morgan fingerprint density at radius 3 is 2.46 bits per heavy atom. The van der Waals surface area contributed by atoms with E-state index in [9.17, 15) is 19.2 Å². The molecule has 0 aliphatic rings. The molecule has 136 valence electrons. The van der Waals surface area contributed by atoms with Crippen molar-refractivity contribution in [3.63, 3.8) is 0 Å². The van der Waals surface area contributed by atoms with Crippen molar-refractivity contribution >= 4 is 39.9 Å². The lowest BCUT2D eigenvalue weighted by Crippen LogP contribution is -2.30. The molecule has 0 saturated heterocycles. The highest BCUT2D eigenvalue weighted by molar-refractivity contribution is 7.14. The predicted molar refractivity (Wildman–Crippen MR) is 97.0 cm³/mol. The van der Waals surface area contributed by atoms with Crippen molar-refractivity contribution in [2.24, 2.45) is 5.73 Å². The molecular formula is C18H18N2O5S. The minimum atomic E-state index is -1.07. The van der Waals surface area contributed by atoms with Gasteiger partial charge in [-0.25, -0.2) is 0 Å². The van der Waals surface area contributed by atoms with Crippen LogP contribution in [0.4, 0.5) is 5.00 Å². The van der Waals surface area contributed by atoms with Crippen LogP contribution in [0.3, 0.4) is 0 Å². The third-order valence-electron chi connectivity index (χ3n) is 3.50. The Labute approximate surface area is 154 Å². The van der Waals surface area contributed by atoms with Crippen molar-refractivity contribution in [3.05, 3.63) is 52.9 Å². The normalized spacial score (nSPS) is 11.4. The van der Waals surface area contributed by atoms with Crippen molar-refractivity contribution < 1.29 is 23.9 Å². The van der Waals surface area contributed by atoms with Gasteiger partial charge < -0.3 is 15.8 Å². The van der Waals surface area contributed by atoms with Gasteiger partial charge in [-0.2, -0.15) is 0 Å². The topological polar surface area (TPSA) is 116 Å². The number of carbonyl (C=O) groups is 4. The summed E-state index contributed by atoms with van der Waals surface area (Å²) in [6.07, 6.45) is -1.21. The second-order valence-corrected chi connectivity index (χ2v) is 6.35. The van der Waals surface area contributed by atoms with Crippen LogP contribution < -0.4 is 11.1 Å². The minimum absolute atomic E-state index is 0.00602. The van der Waals surface area contributed by atoms with Gasteiger partial charge in [0.2, 0.25) is 0 Å². The van der Waals surface area contributed by atoms with Crippen molar-refractivity contribution in [1.29, 1.82) is 0 Å². The second-order valence-electron chi connectivity index (χ2n) is 5.44. The van der Waals surface area contributed by atoms with Crippen LogP contribution in [0.25, 0.3) is 0 Å². The Hall–Kier alpha value is -3.00. The maximum atomic E-state index is 12.1. The lowest BCUT2D eigenvalue weighted by molar-refractivity contribution is -0.153. The Morgan fingerprint density at radius 1 is 1.12 bits per heavy atom. The van der Waals surface area contributed by atoms with Crippen LogP contribution in [-0.2, 0) is 14.3 Å². The van der Waals surface area contributed by atoms with E-state index in [-0.39, 0.29) is 24.2 Å². The molecule has 0 aliphatic carbocycles. The first-order valence-corrected chi connectivity index (χ1v) is 8.72. The molecule has 1 aromatic heterocycles. The Bertz CT molecular complexity index is 816. The highest BCUT2D eigenvalue weighted by Crippen LogP contribution is 2.23. The van der Waals surface area contributed by atoms with Gasteiger partial charge in [0.05, 0.1) is 12.0 Å². The number of hydrogen-bond donors (Lipinski definition) is 2. The maximum absolute atomic E-state index is 12.1. The van der Waals surface area contributed by atoms with E-state index < -0.39 is 23.9 Å². The first-order chi connectivity index (χ1) is 12.4. The Kier molecular flexibility index (Phi) is 6.62. The number of amides is 2. The summed E-state index contributed by atoms with van der Waals surface area (Å²) in [7, 11) is 0. The molecule has 1 aromatic carbocycles. The van der Waals surface area contributed by atoms with Crippen molar-refractivity contribution in [2.45, 2.75) is 25.9 Å². The highest BCUT2D eigenvalue weighted by atomic mass is 32.1. The standard InChI is InChI=1S/C18H18N2O5S/c1-11(17(24)20-18-13(16(19)23)9-10-26-18)25-15(22)8-7-14(21)12-5-3-2-4-6-12/h2-6,9-11H,7-8H2,1H3,(H2,19,23)(H,20,24)/t11-/m1/s1.